The zero-order valence-electron chi connectivity index (χ0n) is 13.9. The summed E-state index contributed by atoms with van der Waals surface area (Å²) in [6.45, 7) is 1.42. The second-order valence-electron chi connectivity index (χ2n) is 6.25. The maximum absolute atomic E-state index is 12.2. The van der Waals surface area contributed by atoms with E-state index in [1.54, 1.807) is 15.9 Å². The number of hydrogen-bond donors (Lipinski definition) is 1. The zero-order chi connectivity index (χ0) is 17.4. The number of amides is 2. The lowest BCUT2D eigenvalue weighted by Crippen LogP contribution is -2.29. The standard InChI is InChI=1S/C19H18N4O2/c1-22-9-10-23(19(22)25)14-6-4-5-13(11-14)12-17-15-7-2-3-8-16(15)18(24)21-20-17/h2-8,11H,9-10,12H2,1H3,(H,21,24). The fourth-order valence-corrected chi connectivity index (χ4v) is 3.22. The van der Waals surface area contributed by atoms with Gasteiger partial charge in [-0.3, -0.25) is 9.69 Å². The van der Waals surface area contributed by atoms with E-state index in [4.69, 9.17) is 0 Å². The highest BCUT2D eigenvalue weighted by atomic mass is 16.2. The summed E-state index contributed by atoms with van der Waals surface area (Å²) in [5, 5.41) is 8.29. The number of H-pyrrole nitrogens is 1. The molecule has 1 saturated heterocycles. The highest BCUT2D eigenvalue weighted by Gasteiger charge is 2.26. The van der Waals surface area contributed by atoms with Crippen LogP contribution in [0.3, 0.4) is 0 Å². The summed E-state index contributed by atoms with van der Waals surface area (Å²) in [5.41, 5.74) is 2.57. The number of likely N-dealkylation sites (N-methyl/N-ethyl adjacent to an activating group) is 1. The number of urea groups is 1. The van der Waals surface area contributed by atoms with Crippen LogP contribution in [-0.4, -0.2) is 41.3 Å². The van der Waals surface area contributed by atoms with Gasteiger partial charge in [0.25, 0.3) is 5.56 Å². The molecule has 1 fully saturated rings. The van der Waals surface area contributed by atoms with Gasteiger partial charge in [-0.15, -0.1) is 0 Å². The van der Waals surface area contributed by atoms with E-state index >= 15 is 0 Å². The number of aromatic nitrogens is 2. The molecule has 4 rings (SSSR count). The van der Waals surface area contributed by atoms with Crippen molar-refractivity contribution in [2.24, 2.45) is 0 Å². The Morgan fingerprint density at radius 1 is 1.04 bits per heavy atom. The van der Waals surface area contributed by atoms with E-state index in [0.29, 0.717) is 18.4 Å². The van der Waals surface area contributed by atoms with E-state index in [0.717, 1.165) is 28.9 Å². The van der Waals surface area contributed by atoms with Gasteiger partial charge in [0, 0.05) is 37.6 Å². The predicted octanol–water partition coefficient (Wildman–Crippen LogP) is 2.39. The van der Waals surface area contributed by atoms with Gasteiger partial charge >= 0.3 is 6.03 Å². The molecule has 0 aliphatic carbocycles. The topological polar surface area (TPSA) is 69.3 Å². The van der Waals surface area contributed by atoms with Crippen molar-refractivity contribution in [2.75, 3.05) is 25.0 Å². The summed E-state index contributed by atoms with van der Waals surface area (Å²) >= 11 is 0. The van der Waals surface area contributed by atoms with Crippen molar-refractivity contribution in [3.63, 3.8) is 0 Å². The highest BCUT2D eigenvalue weighted by Crippen LogP contribution is 2.23. The van der Waals surface area contributed by atoms with Crippen molar-refractivity contribution in [3.8, 4) is 0 Å². The molecule has 0 atom stereocenters. The molecule has 2 aromatic carbocycles. The molecule has 6 heteroatoms. The number of carbonyl (C=O) groups is 1. The molecular formula is C19H18N4O2. The Morgan fingerprint density at radius 2 is 1.84 bits per heavy atom. The van der Waals surface area contributed by atoms with Gasteiger partial charge in [0.1, 0.15) is 0 Å². The zero-order valence-corrected chi connectivity index (χ0v) is 13.9. The van der Waals surface area contributed by atoms with Crippen molar-refractivity contribution in [1.29, 1.82) is 0 Å². The lowest BCUT2D eigenvalue weighted by molar-refractivity contribution is 0.229. The predicted molar refractivity (Wildman–Crippen MR) is 97.0 cm³/mol. The third kappa shape index (κ3) is 2.76. The molecule has 0 spiro atoms. The minimum atomic E-state index is -0.182. The van der Waals surface area contributed by atoms with Crippen molar-refractivity contribution in [1.82, 2.24) is 15.1 Å². The van der Waals surface area contributed by atoms with Gasteiger partial charge in [-0.25, -0.2) is 9.89 Å². The monoisotopic (exact) mass is 334 g/mol. The molecule has 1 aliphatic heterocycles. The van der Waals surface area contributed by atoms with Crippen molar-refractivity contribution >= 4 is 22.5 Å². The lowest BCUT2D eigenvalue weighted by Gasteiger charge is -2.17. The van der Waals surface area contributed by atoms with Crippen molar-refractivity contribution in [2.45, 2.75) is 6.42 Å². The number of aromatic amines is 1. The number of rotatable bonds is 3. The van der Waals surface area contributed by atoms with Gasteiger partial charge in [0.05, 0.1) is 11.1 Å². The average molecular weight is 334 g/mol. The van der Waals surface area contributed by atoms with E-state index < -0.39 is 0 Å². The minimum Gasteiger partial charge on any atom is -0.326 e. The van der Waals surface area contributed by atoms with E-state index in [-0.39, 0.29) is 11.6 Å². The molecule has 1 N–H and O–H groups in total. The molecule has 3 aromatic rings. The molecule has 1 aliphatic rings. The Kier molecular flexibility index (Phi) is 3.72. The van der Waals surface area contributed by atoms with Gasteiger partial charge in [-0.2, -0.15) is 5.10 Å². The number of carbonyl (C=O) groups excluding carboxylic acids is 1. The molecular weight excluding hydrogens is 316 g/mol. The maximum Gasteiger partial charge on any atom is 0.324 e. The van der Waals surface area contributed by atoms with Gasteiger partial charge in [-0.1, -0.05) is 30.3 Å². The third-order valence-electron chi connectivity index (χ3n) is 4.59. The van der Waals surface area contributed by atoms with Crippen LogP contribution in [0.1, 0.15) is 11.3 Å². The van der Waals surface area contributed by atoms with E-state index in [2.05, 4.69) is 10.2 Å². The Morgan fingerprint density at radius 3 is 2.60 bits per heavy atom. The molecule has 0 saturated carbocycles. The third-order valence-corrected chi connectivity index (χ3v) is 4.59. The molecule has 25 heavy (non-hydrogen) atoms. The quantitative estimate of drug-likeness (QED) is 0.799. The van der Waals surface area contributed by atoms with Crippen LogP contribution >= 0.6 is 0 Å². The highest BCUT2D eigenvalue weighted by molar-refractivity contribution is 5.94. The first-order valence-electron chi connectivity index (χ1n) is 8.21. The second-order valence-corrected chi connectivity index (χ2v) is 6.25. The van der Waals surface area contributed by atoms with Gasteiger partial charge < -0.3 is 4.90 Å². The Hall–Kier alpha value is -3.15. The van der Waals surface area contributed by atoms with Crippen LogP contribution < -0.4 is 10.5 Å². The first-order valence-corrected chi connectivity index (χ1v) is 8.21. The van der Waals surface area contributed by atoms with E-state index in [9.17, 15) is 9.59 Å². The number of fused-ring (bicyclic) bond motifs is 1. The second kappa shape index (κ2) is 6.05. The van der Waals surface area contributed by atoms with E-state index in [1.807, 2.05) is 49.5 Å². The SMILES string of the molecule is CN1CCN(c2cccc(Cc3n[nH]c(=O)c4ccccc34)c2)C1=O. The molecule has 6 nitrogen and oxygen atoms in total. The van der Waals surface area contributed by atoms with Crippen LogP contribution in [0, 0.1) is 0 Å². The summed E-state index contributed by atoms with van der Waals surface area (Å²) in [7, 11) is 1.81. The van der Waals surface area contributed by atoms with Gasteiger partial charge in [-0.05, 0) is 23.8 Å². The maximum atomic E-state index is 12.2. The van der Waals surface area contributed by atoms with Crippen LogP contribution in [0.25, 0.3) is 10.8 Å². The number of nitrogens with zero attached hydrogens (tertiary/aromatic N) is 3. The van der Waals surface area contributed by atoms with Crippen LogP contribution in [0.4, 0.5) is 10.5 Å². The molecule has 126 valence electrons. The Balaban J connectivity index is 1.69. The first-order chi connectivity index (χ1) is 12.1. The smallest absolute Gasteiger partial charge is 0.324 e. The number of benzene rings is 2. The molecule has 2 amide bonds. The van der Waals surface area contributed by atoms with Gasteiger partial charge in [0.15, 0.2) is 0 Å². The molecule has 1 aromatic heterocycles. The van der Waals surface area contributed by atoms with Crippen molar-refractivity contribution < 1.29 is 4.79 Å². The Labute approximate surface area is 144 Å². The first kappa shape index (κ1) is 15.4. The largest absolute Gasteiger partial charge is 0.326 e. The molecule has 2 heterocycles. The summed E-state index contributed by atoms with van der Waals surface area (Å²) in [6, 6.07) is 15.4. The van der Waals surface area contributed by atoms with Crippen LogP contribution in [-0.2, 0) is 6.42 Å². The molecule has 0 radical (unpaired) electrons. The number of nitrogens with one attached hydrogen (secondary N) is 1. The average Bonchev–Trinajstić information content (AvgIpc) is 2.97. The number of anilines is 1. The minimum absolute atomic E-state index is 0.0183. The van der Waals surface area contributed by atoms with Crippen molar-refractivity contribution in [3.05, 3.63) is 70.1 Å². The summed E-state index contributed by atoms with van der Waals surface area (Å²) in [4.78, 5) is 27.6. The lowest BCUT2D eigenvalue weighted by atomic mass is 10.0. The van der Waals surface area contributed by atoms with Crippen LogP contribution in [0.5, 0.6) is 0 Å². The summed E-state index contributed by atoms with van der Waals surface area (Å²) < 4.78 is 0. The molecule has 0 unspecified atom stereocenters. The Bertz CT molecular complexity index is 1010. The van der Waals surface area contributed by atoms with Crippen LogP contribution in [0.2, 0.25) is 0 Å². The fourth-order valence-electron chi connectivity index (χ4n) is 3.22. The summed E-state index contributed by atoms with van der Waals surface area (Å²) in [6.07, 6.45) is 0.586. The van der Waals surface area contributed by atoms with Crippen LogP contribution in [0.15, 0.2) is 53.3 Å². The normalized spacial score (nSPS) is 14.5. The fraction of sp³-hybridized carbons (Fsp3) is 0.211. The summed E-state index contributed by atoms with van der Waals surface area (Å²) in [5.74, 6) is 0. The molecule has 0 bridgehead atoms. The number of hydrogen-bond acceptors (Lipinski definition) is 3. The van der Waals surface area contributed by atoms with E-state index in [1.165, 1.54) is 0 Å². The van der Waals surface area contributed by atoms with Gasteiger partial charge in [0.2, 0.25) is 0 Å².